The predicted molar refractivity (Wildman–Crippen MR) is 51.6 cm³/mol. The molecule has 0 aromatic heterocycles. The normalized spacial score (nSPS) is 11.7. The Morgan fingerprint density at radius 1 is 1.45 bits per heavy atom. The second-order valence-corrected chi connectivity index (χ2v) is 2.72. The first-order chi connectivity index (χ1) is 5.20. The van der Waals surface area contributed by atoms with Crippen LogP contribution in [0.15, 0.2) is 37.0 Å². The molecule has 0 aromatic rings. The van der Waals surface area contributed by atoms with Crippen LogP contribution in [0.2, 0.25) is 0 Å². The lowest BCUT2D eigenvalue weighted by Gasteiger charge is -2.07. The van der Waals surface area contributed by atoms with E-state index in [1.54, 1.807) is 6.08 Å². The number of rotatable bonds is 5. The molecule has 1 nitrogen and oxygen atoms in total. The summed E-state index contributed by atoms with van der Waals surface area (Å²) >= 11 is 0. The van der Waals surface area contributed by atoms with Crippen LogP contribution in [0.3, 0.4) is 0 Å². The maximum Gasteiger partial charge on any atom is 0.0207 e. The number of allylic oxidation sites excluding steroid dienone is 2. The highest BCUT2D eigenvalue weighted by molar-refractivity contribution is 5.22. The molecule has 0 saturated carbocycles. The van der Waals surface area contributed by atoms with Crippen molar-refractivity contribution in [3.63, 3.8) is 0 Å². The Labute approximate surface area is 69.5 Å². The molecule has 0 spiro atoms. The van der Waals surface area contributed by atoms with E-state index in [0.29, 0.717) is 6.04 Å². The van der Waals surface area contributed by atoms with Gasteiger partial charge in [0.25, 0.3) is 0 Å². The zero-order valence-electron chi connectivity index (χ0n) is 7.43. The molecule has 0 aliphatic heterocycles. The van der Waals surface area contributed by atoms with Gasteiger partial charge in [-0.3, -0.25) is 0 Å². The van der Waals surface area contributed by atoms with Gasteiger partial charge < -0.3 is 5.32 Å². The molecule has 1 N–H and O–H groups in total. The lowest BCUT2D eigenvalue weighted by atomic mass is 10.2. The Kier molecular flexibility index (Phi) is 5.49. The van der Waals surface area contributed by atoms with Crippen LogP contribution in [-0.4, -0.2) is 12.6 Å². The van der Waals surface area contributed by atoms with E-state index in [2.05, 4.69) is 32.3 Å². The third-order valence-corrected chi connectivity index (χ3v) is 1.31. The second kappa shape index (κ2) is 5.93. The Bertz CT molecular complexity index is 154. The first-order valence-electron chi connectivity index (χ1n) is 3.88. The highest BCUT2D eigenvalue weighted by Crippen LogP contribution is 1.94. The molecular weight excluding hydrogens is 134 g/mol. The van der Waals surface area contributed by atoms with E-state index in [-0.39, 0.29) is 0 Å². The Morgan fingerprint density at radius 3 is 2.45 bits per heavy atom. The van der Waals surface area contributed by atoms with Crippen LogP contribution in [0.25, 0.3) is 0 Å². The highest BCUT2D eigenvalue weighted by atomic mass is 14.9. The fourth-order valence-electron chi connectivity index (χ4n) is 0.672. The fourth-order valence-corrected chi connectivity index (χ4v) is 0.672. The second-order valence-electron chi connectivity index (χ2n) is 2.72. The average Bonchev–Trinajstić information content (AvgIpc) is 1.97. The van der Waals surface area contributed by atoms with Gasteiger partial charge in [0.05, 0.1) is 0 Å². The Morgan fingerprint density at radius 2 is 2.09 bits per heavy atom. The van der Waals surface area contributed by atoms with Crippen molar-refractivity contribution < 1.29 is 0 Å². The molecule has 1 heteroatoms. The summed E-state index contributed by atoms with van der Waals surface area (Å²) in [7, 11) is 0. The van der Waals surface area contributed by atoms with E-state index in [4.69, 9.17) is 0 Å². The quantitative estimate of drug-likeness (QED) is 0.594. The molecule has 11 heavy (non-hydrogen) atoms. The SMILES string of the molecule is C=C/C=C(\C=C)CNC(C)C. The van der Waals surface area contributed by atoms with Crippen LogP contribution in [0.4, 0.5) is 0 Å². The molecule has 0 radical (unpaired) electrons. The molecular formula is C10H17N. The molecule has 0 atom stereocenters. The molecule has 0 fully saturated rings. The smallest absolute Gasteiger partial charge is 0.0207 e. The third kappa shape index (κ3) is 5.62. The van der Waals surface area contributed by atoms with Gasteiger partial charge in [0.1, 0.15) is 0 Å². The molecule has 0 bridgehead atoms. The Balaban J connectivity index is 3.79. The summed E-state index contributed by atoms with van der Waals surface area (Å²) in [6, 6.07) is 0.517. The summed E-state index contributed by atoms with van der Waals surface area (Å²) in [5.41, 5.74) is 1.17. The molecule has 0 aliphatic rings. The lowest BCUT2D eigenvalue weighted by molar-refractivity contribution is 0.625. The van der Waals surface area contributed by atoms with Crippen LogP contribution < -0.4 is 5.32 Å². The van der Waals surface area contributed by atoms with Gasteiger partial charge in [-0.25, -0.2) is 0 Å². The summed E-state index contributed by atoms with van der Waals surface area (Å²) in [6.45, 7) is 12.4. The van der Waals surface area contributed by atoms with Crippen molar-refractivity contribution >= 4 is 0 Å². The standard InChI is InChI=1S/C10H17N/c1-5-7-10(6-2)8-11-9(3)4/h5-7,9,11H,1-2,8H2,3-4H3/b10-7+. The topological polar surface area (TPSA) is 12.0 Å². The number of hydrogen-bond acceptors (Lipinski definition) is 1. The van der Waals surface area contributed by atoms with Crippen molar-refractivity contribution in [3.8, 4) is 0 Å². The largest absolute Gasteiger partial charge is 0.310 e. The van der Waals surface area contributed by atoms with Gasteiger partial charge in [-0.1, -0.05) is 45.2 Å². The van der Waals surface area contributed by atoms with E-state index >= 15 is 0 Å². The van der Waals surface area contributed by atoms with Gasteiger partial charge in [-0.15, -0.1) is 0 Å². The van der Waals surface area contributed by atoms with Crippen LogP contribution in [-0.2, 0) is 0 Å². The minimum Gasteiger partial charge on any atom is -0.310 e. The summed E-state index contributed by atoms with van der Waals surface area (Å²) in [4.78, 5) is 0. The number of hydrogen-bond donors (Lipinski definition) is 1. The third-order valence-electron chi connectivity index (χ3n) is 1.31. The molecule has 0 aromatic carbocycles. The van der Waals surface area contributed by atoms with Gasteiger partial charge in [-0.05, 0) is 5.57 Å². The fraction of sp³-hybridized carbons (Fsp3) is 0.400. The first kappa shape index (κ1) is 10.2. The first-order valence-corrected chi connectivity index (χ1v) is 3.88. The molecule has 0 unspecified atom stereocenters. The van der Waals surface area contributed by atoms with Crippen LogP contribution in [0, 0.1) is 0 Å². The van der Waals surface area contributed by atoms with Crippen molar-refractivity contribution in [3.05, 3.63) is 37.0 Å². The lowest BCUT2D eigenvalue weighted by Crippen LogP contribution is -2.24. The minimum atomic E-state index is 0.517. The zero-order chi connectivity index (χ0) is 8.69. The van der Waals surface area contributed by atoms with Gasteiger partial charge >= 0.3 is 0 Å². The van der Waals surface area contributed by atoms with Crippen LogP contribution >= 0.6 is 0 Å². The Hall–Kier alpha value is -0.820. The molecule has 0 heterocycles. The van der Waals surface area contributed by atoms with Gasteiger partial charge in [0.2, 0.25) is 0 Å². The molecule has 62 valence electrons. The van der Waals surface area contributed by atoms with Crippen molar-refractivity contribution in [2.75, 3.05) is 6.54 Å². The predicted octanol–water partition coefficient (Wildman–Crippen LogP) is 2.28. The maximum absolute atomic E-state index is 3.70. The molecule has 0 saturated heterocycles. The summed E-state index contributed by atoms with van der Waals surface area (Å²) in [6.07, 6.45) is 5.58. The average molecular weight is 151 g/mol. The maximum atomic E-state index is 3.70. The monoisotopic (exact) mass is 151 g/mol. The summed E-state index contributed by atoms with van der Waals surface area (Å²) in [5, 5.41) is 3.29. The van der Waals surface area contributed by atoms with Crippen LogP contribution in [0.5, 0.6) is 0 Å². The van der Waals surface area contributed by atoms with Crippen molar-refractivity contribution in [1.82, 2.24) is 5.32 Å². The van der Waals surface area contributed by atoms with E-state index in [0.717, 1.165) is 6.54 Å². The highest BCUT2D eigenvalue weighted by Gasteiger charge is 1.92. The molecule has 0 aliphatic carbocycles. The number of nitrogens with one attached hydrogen (secondary N) is 1. The van der Waals surface area contributed by atoms with Crippen LogP contribution in [0.1, 0.15) is 13.8 Å². The summed E-state index contributed by atoms with van der Waals surface area (Å²) < 4.78 is 0. The van der Waals surface area contributed by atoms with Crippen molar-refractivity contribution in [1.29, 1.82) is 0 Å². The van der Waals surface area contributed by atoms with Gasteiger partial charge in [0.15, 0.2) is 0 Å². The molecule has 0 amide bonds. The van der Waals surface area contributed by atoms with E-state index < -0.39 is 0 Å². The van der Waals surface area contributed by atoms with E-state index in [1.807, 2.05) is 12.2 Å². The zero-order valence-corrected chi connectivity index (χ0v) is 7.43. The summed E-state index contributed by atoms with van der Waals surface area (Å²) in [5.74, 6) is 0. The molecule has 0 rings (SSSR count). The van der Waals surface area contributed by atoms with Crippen molar-refractivity contribution in [2.24, 2.45) is 0 Å². The van der Waals surface area contributed by atoms with Gasteiger partial charge in [0, 0.05) is 12.6 Å². The van der Waals surface area contributed by atoms with E-state index in [9.17, 15) is 0 Å². The minimum absolute atomic E-state index is 0.517. The van der Waals surface area contributed by atoms with Gasteiger partial charge in [-0.2, -0.15) is 0 Å². The van der Waals surface area contributed by atoms with Crippen molar-refractivity contribution in [2.45, 2.75) is 19.9 Å². The van der Waals surface area contributed by atoms with E-state index in [1.165, 1.54) is 5.57 Å².